The van der Waals surface area contributed by atoms with Gasteiger partial charge in [-0.2, -0.15) is 0 Å². The third kappa shape index (κ3) is 1.49. The quantitative estimate of drug-likeness (QED) is 0.442. The van der Waals surface area contributed by atoms with E-state index in [9.17, 15) is 0 Å². The summed E-state index contributed by atoms with van der Waals surface area (Å²) in [5.41, 5.74) is 0. The zero-order valence-electron chi connectivity index (χ0n) is 5.26. The van der Waals surface area contributed by atoms with E-state index in [0.717, 1.165) is 26.3 Å². The Balaban J connectivity index is 2.13. The van der Waals surface area contributed by atoms with Crippen LogP contribution in [0.15, 0.2) is 0 Å². The first kappa shape index (κ1) is 6.11. The van der Waals surface area contributed by atoms with E-state index in [1.54, 1.807) is 0 Å². The highest BCUT2D eigenvalue weighted by atomic mass is 16.5. The van der Waals surface area contributed by atoms with E-state index in [4.69, 9.17) is 4.74 Å². The van der Waals surface area contributed by atoms with Crippen molar-refractivity contribution in [3.05, 3.63) is 0 Å². The molecule has 1 radical (unpaired) electrons. The monoisotopic (exact) mass is 112 g/mol. The van der Waals surface area contributed by atoms with Crippen molar-refractivity contribution in [1.29, 1.82) is 0 Å². The molecule has 0 aliphatic carbocycles. The van der Waals surface area contributed by atoms with Crippen LogP contribution < -0.4 is 0 Å². The molecule has 3 heteroatoms. The lowest BCUT2D eigenvalue weighted by Gasteiger charge is -2.24. The topological polar surface area (TPSA) is 12.5 Å². The van der Waals surface area contributed by atoms with Crippen LogP contribution in [0, 0.1) is 0 Å². The van der Waals surface area contributed by atoms with E-state index in [-0.39, 0.29) is 0 Å². The van der Waals surface area contributed by atoms with E-state index in [0.29, 0.717) is 0 Å². The fraction of sp³-hybridized carbons (Fsp3) is 1.00. The third-order valence-electron chi connectivity index (χ3n) is 1.41. The second kappa shape index (κ2) is 3.10. The second-order valence-corrected chi connectivity index (χ2v) is 1.91. The second-order valence-electron chi connectivity index (χ2n) is 1.91. The Bertz CT molecular complexity index is 63.4. The fourth-order valence-corrected chi connectivity index (χ4v) is 0.836. The Morgan fingerprint density at radius 3 is 2.38 bits per heavy atom. The summed E-state index contributed by atoms with van der Waals surface area (Å²) in [6.45, 7) is 5.98. The number of ether oxygens (including phenoxy) is 1. The first-order chi connectivity index (χ1) is 3.93. The zero-order valence-corrected chi connectivity index (χ0v) is 5.26. The summed E-state index contributed by atoms with van der Waals surface area (Å²) in [4.78, 5) is 2.27. The summed E-state index contributed by atoms with van der Waals surface area (Å²) >= 11 is 0. The van der Waals surface area contributed by atoms with Gasteiger partial charge < -0.3 is 9.55 Å². The van der Waals surface area contributed by atoms with Crippen LogP contribution in [0.2, 0.25) is 6.82 Å². The van der Waals surface area contributed by atoms with E-state index in [2.05, 4.69) is 19.0 Å². The highest BCUT2D eigenvalue weighted by Gasteiger charge is 2.06. The van der Waals surface area contributed by atoms with Gasteiger partial charge in [0.05, 0.1) is 13.2 Å². The Morgan fingerprint density at radius 1 is 1.38 bits per heavy atom. The van der Waals surface area contributed by atoms with E-state index >= 15 is 0 Å². The van der Waals surface area contributed by atoms with Crippen LogP contribution in [0.3, 0.4) is 0 Å². The number of rotatable bonds is 1. The Morgan fingerprint density at radius 2 is 2.00 bits per heavy atom. The van der Waals surface area contributed by atoms with Crippen molar-refractivity contribution in [2.24, 2.45) is 0 Å². The molecule has 1 aliphatic heterocycles. The van der Waals surface area contributed by atoms with Gasteiger partial charge in [0.2, 0.25) is 7.41 Å². The lowest BCUT2D eigenvalue weighted by molar-refractivity contribution is 0.0726. The largest absolute Gasteiger partial charge is 0.379 e. The van der Waals surface area contributed by atoms with Crippen molar-refractivity contribution < 1.29 is 4.74 Å². The molecule has 1 aliphatic rings. The molecule has 1 rings (SSSR count). The molecule has 0 bridgehead atoms. The van der Waals surface area contributed by atoms with Gasteiger partial charge in [-0.05, 0) is 0 Å². The summed E-state index contributed by atoms with van der Waals surface area (Å²) in [5.74, 6) is 0. The molecule has 0 N–H and O–H groups in total. The molecule has 0 atom stereocenters. The number of morpholine rings is 1. The molecule has 1 heterocycles. The van der Waals surface area contributed by atoms with Crippen LogP contribution >= 0.6 is 0 Å². The van der Waals surface area contributed by atoms with Crippen LogP contribution in [0.1, 0.15) is 0 Å². The predicted molar refractivity (Wildman–Crippen MR) is 34.0 cm³/mol. The van der Waals surface area contributed by atoms with Gasteiger partial charge in [0, 0.05) is 13.1 Å². The molecular formula is C5H11BNO. The Hall–Kier alpha value is -0.0151. The lowest BCUT2D eigenvalue weighted by Crippen LogP contribution is -2.37. The molecule has 0 spiro atoms. The van der Waals surface area contributed by atoms with Gasteiger partial charge in [-0.1, -0.05) is 6.82 Å². The van der Waals surface area contributed by atoms with Crippen molar-refractivity contribution >= 4 is 7.41 Å². The van der Waals surface area contributed by atoms with Gasteiger partial charge in [-0.25, -0.2) is 0 Å². The molecule has 2 nitrogen and oxygen atoms in total. The van der Waals surface area contributed by atoms with Crippen LogP contribution in [0.5, 0.6) is 0 Å². The smallest absolute Gasteiger partial charge is 0.205 e. The minimum Gasteiger partial charge on any atom is -0.379 e. The van der Waals surface area contributed by atoms with Crippen molar-refractivity contribution in [2.75, 3.05) is 26.3 Å². The minimum absolute atomic E-state index is 0.893. The molecule has 0 saturated carbocycles. The molecule has 45 valence electrons. The van der Waals surface area contributed by atoms with Crippen molar-refractivity contribution in [3.63, 3.8) is 0 Å². The predicted octanol–water partition coefficient (Wildman–Crippen LogP) is -0.0141. The molecule has 0 aromatic carbocycles. The van der Waals surface area contributed by atoms with Crippen molar-refractivity contribution in [2.45, 2.75) is 6.82 Å². The average Bonchev–Trinajstić information content (AvgIpc) is 1.90. The van der Waals surface area contributed by atoms with Gasteiger partial charge >= 0.3 is 0 Å². The van der Waals surface area contributed by atoms with Gasteiger partial charge in [0.25, 0.3) is 0 Å². The summed E-state index contributed by atoms with van der Waals surface area (Å²) in [6, 6.07) is 0. The normalized spacial score (nSPS) is 23.1. The number of nitrogens with zero attached hydrogens (tertiary/aromatic N) is 1. The van der Waals surface area contributed by atoms with Crippen LogP contribution in [0.4, 0.5) is 0 Å². The molecule has 0 aromatic heterocycles. The van der Waals surface area contributed by atoms with Crippen LogP contribution in [0.25, 0.3) is 0 Å². The van der Waals surface area contributed by atoms with Gasteiger partial charge in [0.1, 0.15) is 0 Å². The first-order valence-electron chi connectivity index (χ1n) is 3.05. The highest BCUT2D eigenvalue weighted by molar-refractivity contribution is 6.29. The minimum atomic E-state index is 0.893. The maximum absolute atomic E-state index is 5.14. The van der Waals surface area contributed by atoms with Gasteiger partial charge in [0.15, 0.2) is 0 Å². The molecule has 1 fully saturated rings. The highest BCUT2D eigenvalue weighted by Crippen LogP contribution is 1.92. The van der Waals surface area contributed by atoms with E-state index < -0.39 is 0 Å². The first-order valence-corrected chi connectivity index (χ1v) is 3.05. The van der Waals surface area contributed by atoms with E-state index in [1.807, 2.05) is 0 Å². The maximum atomic E-state index is 5.14. The summed E-state index contributed by atoms with van der Waals surface area (Å²) in [5, 5.41) is 0. The maximum Gasteiger partial charge on any atom is 0.205 e. The number of hydrogen-bond acceptors (Lipinski definition) is 2. The molecule has 0 unspecified atom stereocenters. The Kier molecular flexibility index (Phi) is 2.37. The molecule has 8 heavy (non-hydrogen) atoms. The summed E-state index contributed by atoms with van der Waals surface area (Å²) in [7, 11) is 2.11. The lowest BCUT2D eigenvalue weighted by atomic mass is 9.96. The van der Waals surface area contributed by atoms with Gasteiger partial charge in [-0.15, -0.1) is 0 Å². The summed E-state index contributed by atoms with van der Waals surface area (Å²) < 4.78 is 5.14. The molecular weight excluding hydrogens is 101 g/mol. The van der Waals surface area contributed by atoms with Gasteiger partial charge in [-0.3, -0.25) is 0 Å². The molecule has 0 aromatic rings. The third-order valence-corrected chi connectivity index (χ3v) is 1.41. The summed E-state index contributed by atoms with van der Waals surface area (Å²) in [6.07, 6.45) is 0. The standard InChI is InChI=1S/C5H11BNO/c1-6-7-2-4-8-5-3-7/h2-5H2,1H3. The molecule has 0 amide bonds. The van der Waals surface area contributed by atoms with Crippen molar-refractivity contribution in [3.8, 4) is 0 Å². The molecule has 1 saturated heterocycles. The average molecular weight is 112 g/mol. The van der Waals surface area contributed by atoms with E-state index in [1.165, 1.54) is 0 Å². The zero-order chi connectivity index (χ0) is 5.82. The Labute approximate surface area is 51.1 Å². The van der Waals surface area contributed by atoms with Crippen LogP contribution in [-0.2, 0) is 4.74 Å². The van der Waals surface area contributed by atoms with Crippen molar-refractivity contribution in [1.82, 2.24) is 4.81 Å². The SMILES string of the molecule is C[B]N1CCOCC1. The number of hydrogen-bond donors (Lipinski definition) is 0. The van der Waals surface area contributed by atoms with Crippen LogP contribution in [-0.4, -0.2) is 38.5 Å². The fourth-order valence-electron chi connectivity index (χ4n) is 0.836.